The van der Waals surface area contributed by atoms with E-state index in [1.807, 2.05) is 19.4 Å². The number of aryl methyl sites for hydroxylation is 1. The lowest BCUT2D eigenvalue weighted by Gasteiger charge is -2.23. The van der Waals surface area contributed by atoms with Crippen LogP contribution in [-0.2, 0) is 18.4 Å². The molecule has 5 nitrogen and oxygen atoms in total. The van der Waals surface area contributed by atoms with Crippen molar-refractivity contribution in [1.29, 1.82) is 0 Å². The number of hydrogen-bond donors (Lipinski definition) is 2. The molecule has 1 saturated heterocycles. The first kappa shape index (κ1) is 10.2. The molecular weight excluding hydrogens is 192 g/mol. The molecule has 1 aromatic rings. The van der Waals surface area contributed by atoms with Gasteiger partial charge in [-0.05, 0) is 6.42 Å². The standard InChI is InChI=1S/C10H16N4O/c1-14-7-8(5-13-14)4-11-9-2-3-10(15)12-6-9/h5,7,9,11H,2-4,6H2,1H3,(H,12,15). The van der Waals surface area contributed by atoms with E-state index in [-0.39, 0.29) is 5.91 Å². The molecule has 1 aliphatic rings. The summed E-state index contributed by atoms with van der Waals surface area (Å²) in [6.45, 7) is 1.55. The Hall–Kier alpha value is -1.36. The van der Waals surface area contributed by atoms with Gasteiger partial charge < -0.3 is 10.6 Å². The first-order chi connectivity index (χ1) is 7.24. The SMILES string of the molecule is Cn1cc(CNC2CCC(=O)NC2)cn1. The number of aromatic nitrogens is 2. The van der Waals surface area contributed by atoms with E-state index in [0.717, 1.165) is 19.5 Å². The lowest BCUT2D eigenvalue weighted by atomic mass is 10.1. The molecule has 2 N–H and O–H groups in total. The van der Waals surface area contributed by atoms with Gasteiger partial charge in [-0.3, -0.25) is 9.48 Å². The smallest absolute Gasteiger partial charge is 0.220 e. The zero-order valence-corrected chi connectivity index (χ0v) is 8.86. The third kappa shape index (κ3) is 2.79. The van der Waals surface area contributed by atoms with Gasteiger partial charge in [-0.25, -0.2) is 0 Å². The van der Waals surface area contributed by atoms with Crippen LogP contribution in [0.5, 0.6) is 0 Å². The Balaban J connectivity index is 1.76. The number of nitrogens with zero attached hydrogens (tertiary/aromatic N) is 2. The topological polar surface area (TPSA) is 59.0 Å². The Labute approximate surface area is 88.8 Å². The molecule has 0 saturated carbocycles. The maximum Gasteiger partial charge on any atom is 0.220 e. The van der Waals surface area contributed by atoms with Gasteiger partial charge in [0, 0.05) is 44.4 Å². The van der Waals surface area contributed by atoms with Crippen LogP contribution in [0, 0.1) is 0 Å². The lowest BCUT2D eigenvalue weighted by Crippen LogP contribution is -2.45. The van der Waals surface area contributed by atoms with E-state index in [0.29, 0.717) is 12.5 Å². The number of carbonyl (C=O) groups excluding carboxylic acids is 1. The number of carbonyl (C=O) groups is 1. The summed E-state index contributed by atoms with van der Waals surface area (Å²) >= 11 is 0. The summed E-state index contributed by atoms with van der Waals surface area (Å²) in [4.78, 5) is 10.9. The summed E-state index contributed by atoms with van der Waals surface area (Å²) in [5, 5.41) is 10.4. The van der Waals surface area contributed by atoms with Gasteiger partial charge in [0.2, 0.25) is 5.91 Å². The number of piperidine rings is 1. The Morgan fingerprint density at radius 3 is 3.20 bits per heavy atom. The molecule has 0 aliphatic carbocycles. The van der Waals surface area contributed by atoms with E-state index in [1.165, 1.54) is 5.56 Å². The van der Waals surface area contributed by atoms with E-state index < -0.39 is 0 Å². The first-order valence-electron chi connectivity index (χ1n) is 5.21. The average Bonchev–Trinajstić information content (AvgIpc) is 2.64. The van der Waals surface area contributed by atoms with E-state index in [4.69, 9.17) is 0 Å². The molecule has 0 spiro atoms. The monoisotopic (exact) mass is 208 g/mol. The van der Waals surface area contributed by atoms with Crippen LogP contribution in [-0.4, -0.2) is 28.3 Å². The second-order valence-electron chi connectivity index (χ2n) is 3.94. The first-order valence-corrected chi connectivity index (χ1v) is 5.21. The number of rotatable bonds is 3. The molecule has 1 fully saturated rings. The van der Waals surface area contributed by atoms with Gasteiger partial charge in [-0.15, -0.1) is 0 Å². The van der Waals surface area contributed by atoms with Crippen molar-refractivity contribution in [3.63, 3.8) is 0 Å². The molecule has 1 unspecified atom stereocenters. The fourth-order valence-corrected chi connectivity index (χ4v) is 1.73. The second kappa shape index (κ2) is 4.44. The highest BCUT2D eigenvalue weighted by Crippen LogP contribution is 2.04. The van der Waals surface area contributed by atoms with Crippen LogP contribution < -0.4 is 10.6 Å². The van der Waals surface area contributed by atoms with E-state index in [2.05, 4.69) is 15.7 Å². The van der Waals surface area contributed by atoms with E-state index in [9.17, 15) is 4.79 Å². The Kier molecular flexibility index (Phi) is 3.01. The van der Waals surface area contributed by atoms with Crippen LogP contribution in [0.15, 0.2) is 12.4 Å². The number of amides is 1. The summed E-state index contributed by atoms with van der Waals surface area (Å²) in [6, 6.07) is 0.392. The normalized spacial score (nSPS) is 21.4. The van der Waals surface area contributed by atoms with Gasteiger partial charge in [0.05, 0.1) is 6.20 Å². The predicted molar refractivity (Wildman–Crippen MR) is 56.1 cm³/mol. The fraction of sp³-hybridized carbons (Fsp3) is 0.600. The Morgan fingerprint density at radius 2 is 2.60 bits per heavy atom. The van der Waals surface area contributed by atoms with Crippen LogP contribution in [0.1, 0.15) is 18.4 Å². The molecular formula is C10H16N4O. The minimum Gasteiger partial charge on any atom is -0.355 e. The molecule has 1 atom stereocenters. The summed E-state index contributed by atoms with van der Waals surface area (Å²) in [6.07, 6.45) is 5.40. The second-order valence-corrected chi connectivity index (χ2v) is 3.94. The van der Waals surface area contributed by atoms with Crippen LogP contribution in [0.2, 0.25) is 0 Å². The summed E-state index contributed by atoms with van der Waals surface area (Å²) in [5.74, 6) is 0.162. The van der Waals surface area contributed by atoms with Crippen LogP contribution >= 0.6 is 0 Å². The highest BCUT2D eigenvalue weighted by atomic mass is 16.1. The molecule has 15 heavy (non-hydrogen) atoms. The van der Waals surface area contributed by atoms with Gasteiger partial charge in [-0.2, -0.15) is 5.10 Å². The van der Waals surface area contributed by atoms with Crippen LogP contribution in [0.4, 0.5) is 0 Å². The fourth-order valence-electron chi connectivity index (χ4n) is 1.73. The van der Waals surface area contributed by atoms with Crippen LogP contribution in [0.3, 0.4) is 0 Å². The minimum absolute atomic E-state index is 0.162. The molecule has 5 heteroatoms. The van der Waals surface area contributed by atoms with E-state index >= 15 is 0 Å². The molecule has 82 valence electrons. The van der Waals surface area contributed by atoms with Crippen LogP contribution in [0.25, 0.3) is 0 Å². The summed E-state index contributed by atoms with van der Waals surface area (Å²) in [7, 11) is 1.91. The highest BCUT2D eigenvalue weighted by molar-refractivity contribution is 5.76. The van der Waals surface area contributed by atoms with Crippen molar-refractivity contribution in [2.75, 3.05) is 6.54 Å². The number of hydrogen-bond acceptors (Lipinski definition) is 3. The predicted octanol–water partition coefficient (Wildman–Crippen LogP) is -0.212. The Morgan fingerprint density at radius 1 is 1.73 bits per heavy atom. The Bertz CT molecular complexity index is 337. The molecule has 2 heterocycles. The van der Waals surface area contributed by atoms with Gasteiger partial charge in [0.25, 0.3) is 0 Å². The number of nitrogens with one attached hydrogen (secondary N) is 2. The van der Waals surface area contributed by atoms with E-state index in [1.54, 1.807) is 4.68 Å². The molecule has 1 aromatic heterocycles. The summed E-state index contributed by atoms with van der Waals surface area (Å²) in [5.41, 5.74) is 1.18. The van der Waals surface area contributed by atoms with Gasteiger partial charge in [-0.1, -0.05) is 0 Å². The molecule has 0 aromatic carbocycles. The molecule has 1 aliphatic heterocycles. The van der Waals surface area contributed by atoms with Crippen molar-refractivity contribution in [3.05, 3.63) is 18.0 Å². The maximum atomic E-state index is 10.9. The van der Waals surface area contributed by atoms with Gasteiger partial charge in [0.15, 0.2) is 0 Å². The maximum absolute atomic E-state index is 10.9. The van der Waals surface area contributed by atoms with Gasteiger partial charge >= 0.3 is 0 Å². The highest BCUT2D eigenvalue weighted by Gasteiger charge is 2.16. The molecule has 0 radical (unpaired) electrons. The summed E-state index contributed by atoms with van der Waals surface area (Å²) < 4.78 is 1.79. The zero-order valence-electron chi connectivity index (χ0n) is 8.86. The lowest BCUT2D eigenvalue weighted by molar-refractivity contribution is -0.122. The van der Waals surface area contributed by atoms with Crippen molar-refractivity contribution in [1.82, 2.24) is 20.4 Å². The van der Waals surface area contributed by atoms with Crippen molar-refractivity contribution < 1.29 is 4.79 Å². The quantitative estimate of drug-likeness (QED) is 0.722. The van der Waals surface area contributed by atoms with Crippen molar-refractivity contribution in [2.45, 2.75) is 25.4 Å². The largest absolute Gasteiger partial charge is 0.355 e. The minimum atomic E-state index is 0.162. The van der Waals surface area contributed by atoms with Crippen molar-refractivity contribution in [3.8, 4) is 0 Å². The molecule has 1 amide bonds. The third-order valence-electron chi connectivity index (χ3n) is 2.62. The average molecular weight is 208 g/mol. The van der Waals surface area contributed by atoms with Crippen molar-refractivity contribution in [2.24, 2.45) is 7.05 Å². The molecule has 0 bridgehead atoms. The zero-order chi connectivity index (χ0) is 10.7. The van der Waals surface area contributed by atoms with Crippen molar-refractivity contribution >= 4 is 5.91 Å². The molecule has 2 rings (SSSR count). The third-order valence-corrected chi connectivity index (χ3v) is 2.62. The van der Waals surface area contributed by atoms with Gasteiger partial charge in [0.1, 0.15) is 0 Å².